The van der Waals surface area contributed by atoms with E-state index in [2.05, 4.69) is 28.8 Å². The van der Waals surface area contributed by atoms with Crippen LogP contribution in [0.1, 0.15) is 31.2 Å². The maximum Gasteiger partial charge on any atom is 0.212 e. The molecule has 18 heavy (non-hydrogen) atoms. The number of pyridine rings is 1. The summed E-state index contributed by atoms with van der Waals surface area (Å²) in [6.07, 6.45) is 3.64. The summed E-state index contributed by atoms with van der Waals surface area (Å²) in [5, 5.41) is 0. The lowest BCUT2D eigenvalue weighted by atomic mass is 10.1. The first-order chi connectivity index (χ1) is 8.61. The first-order valence-electron chi connectivity index (χ1n) is 5.95. The summed E-state index contributed by atoms with van der Waals surface area (Å²) in [6, 6.07) is 3.80. The van der Waals surface area contributed by atoms with Crippen molar-refractivity contribution in [2.24, 2.45) is 0 Å². The van der Waals surface area contributed by atoms with Gasteiger partial charge in [-0.2, -0.15) is 0 Å². The van der Waals surface area contributed by atoms with Crippen molar-refractivity contribution in [1.82, 2.24) is 15.0 Å². The summed E-state index contributed by atoms with van der Waals surface area (Å²) in [6.45, 7) is 6.17. The second-order valence-corrected chi connectivity index (χ2v) is 4.50. The summed E-state index contributed by atoms with van der Waals surface area (Å²) in [4.78, 5) is 13.2. The molecule has 0 radical (unpaired) electrons. The first-order valence-corrected chi connectivity index (χ1v) is 5.95. The Hall–Kier alpha value is -1.97. The zero-order valence-corrected chi connectivity index (χ0v) is 11.1. The highest BCUT2D eigenvalue weighted by Crippen LogP contribution is 2.23. The molecule has 0 saturated heterocycles. The van der Waals surface area contributed by atoms with Crippen LogP contribution >= 0.6 is 0 Å². The number of methoxy groups -OCH3 is 1. The van der Waals surface area contributed by atoms with E-state index in [1.807, 2.05) is 25.3 Å². The van der Waals surface area contributed by atoms with Gasteiger partial charge < -0.3 is 4.74 Å². The Morgan fingerprint density at radius 1 is 1.11 bits per heavy atom. The molecule has 0 aliphatic heterocycles. The smallest absolute Gasteiger partial charge is 0.212 e. The minimum Gasteiger partial charge on any atom is -0.481 e. The molecule has 2 aromatic rings. The molecular formula is C14H17N3O. The molecule has 0 atom stereocenters. The van der Waals surface area contributed by atoms with Crippen molar-refractivity contribution in [2.75, 3.05) is 7.11 Å². The molecule has 2 aromatic heterocycles. The first kappa shape index (κ1) is 12.5. The lowest BCUT2D eigenvalue weighted by Gasteiger charge is -2.09. The van der Waals surface area contributed by atoms with E-state index in [1.54, 1.807) is 13.3 Å². The van der Waals surface area contributed by atoms with E-state index < -0.39 is 0 Å². The zero-order chi connectivity index (χ0) is 13.1. The second-order valence-electron chi connectivity index (χ2n) is 4.50. The van der Waals surface area contributed by atoms with Crippen LogP contribution in [0.3, 0.4) is 0 Å². The fourth-order valence-electron chi connectivity index (χ4n) is 1.67. The highest BCUT2D eigenvalue weighted by Gasteiger charge is 2.09. The molecule has 0 bridgehead atoms. The minimum atomic E-state index is 0.315. The van der Waals surface area contributed by atoms with Gasteiger partial charge in [0.05, 0.1) is 12.8 Å². The summed E-state index contributed by atoms with van der Waals surface area (Å²) < 4.78 is 5.05. The molecular weight excluding hydrogens is 226 g/mol. The number of aryl methyl sites for hydroxylation is 1. The Bertz CT molecular complexity index is 535. The lowest BCUT2D eigenvalue weighted by Crippen LogP contribution is -2.01. The molecule has 0 fully saturated rings. The molecule has 0 unspecified atom stereocenters. The fraction of sp³-hybridized carbons (Fsp3) is 0.357. The largest absolute Gasteiger partial charge is 0.481 e. The third-order valence-corrected chi connectivity index (χ3v) is 2.73. The van der Waals surface area contributed by atoms with E-state index in [1.165, 1.54) is 0 Å². The van der Waals surface area contributed by atoms with Crippen LogP contribution in [0.25, 0.3) is 11.3 Å². The van der Waals surface area contributed by atoms with Gasteiger partial charge in [-0.15, -0.1) is 0 Å². The third-order valence-electron chi connectivity index (χ3n) is 2.73. The van der Waals surface area contributed by atoms with Gasteiger partial charge in [-0.05, 0) is 18.6 Å². The lowest BCUT2D eigenvalue weighted by molar-refractivity contribution is 0.398. The Morgan fingerprint density at radius 2 is 1.89 bits per heavy atom. The Kier molecular flexibility index (Phi) is 3.55. The number of rotatable bonds is 3. The summed E-state index contributed by atoms with van der Waals surface area (Å²) >= 11 is 0. The van der Waals surface area contributed by atoms with Crippen LogP contribution in [0.2, 0.25) is 0 Å². The number of ether oxygens (including phenoxy) is 1. The van der Waals surface area contributed by atoms with E-state index in [-0.39, 0.29) is 0 Å². The van der Waals surface area contributed by atoms with Crippen molar-refractivity contribution in [2.45, 2.75) is 26.7 Å². The standard InChI is InChI=1S/C14H17N3O/c1-9(2)14-16-7-10(3)13(17-14)11-5-6-12(18-4)15-8-11/h5-9H,1-4H3. The highest BCUT2D eigenvalue weighted by atomic mass is 16.5. The van der Waals surface area contributed by atoms with Crippen molar-refractivity contribution in [3.8, 4) is 17.1 Å². The van der Waals surface area contributed by atoms with Crippen LogP contribution in [0.5, 0.6) is 5.88 Å². The van der Waals surface area contributed by atoms with Crippen molar-refractivity contribution < 1.29 is 4.74 Å². The molecule has 0 saturated carbocycles. The fourth-order valence-corrected chi connectivity index (χ4v) is 1.67. The Morgan fingerprint density at radius 3 is 2.44 bits per heavy atom. The topological polar surface area (TPSA) is 47.9 Å². The molecule has 0 aliphatic rings. The molecule has 0 N–H and O–H groups in total. The van der Waals surface area contributed by atoms with Gasteiger partial charge in [0.2, 0.25) is 5.88 Å². The van der Waals surface area contributed by atoms with E-state index >= 15 is 0 Å². The van der Waals surface area contributed by atoms with E-state index in [0.717, 1.165) is 22.6 Å². The monoisotopic (exact) mass is 243 g/mol. The van der Waals surface area contributed by atoms with Gasteiger partial charge >= 0.3 is 0 Å². The van der Waals surface area contributed by atoms with Gasteiger partial charge in [-0.25, -0.2) is 15.0 Å². The SMILES string of the molecule is COc1ccc(-c2nc(C(C)C)ncc2C)cn1. The van der Waals surface area contributed by atoms with Gasteiger partial charge in [0.25, 0.3) is 0 Å². The summed E-state index contributed by atoms with van der Waals surface area (Å²) in [7, 11) is 1.61. The number of hydrogen-bond donors (Lipinski definition) is 0. The van der Waals surface area contributed by atoms with Gasteiger partial charge in [-0.1, -0.05) is 13.8 Å². The average Bonchev–Trinajstić information content (AvgIpc) is 2.39. The number of aromatic nitrogens is 3. The van der Waals surface area contributed by atoms with Gasteiger partial charge in [0, 0.05) is 29.9 Å². The molecule has 0 aliphatic carbocycles. The maximum absolute atomic E-state index is 5.05. The highest BCUT2D eigenvalue weighted by molar-refractivity contribution is 5.61. The molecule has 0 spiro atoms. The quantitative estimate of drug-likeness (QED) is 0.831. The molecule has 94 valence electrons. The molecule has 2 rings (SSSR count). The normalized spacial score (nSPS) is 10.7. The summed E-state index contributed by atoms with van der Waals surface area (Å²) in [5.41, 5.74) is 2.97. The van der Waals surface area contributed by atoms with Crippen LogP contribution in [0, 0.1) is 6.92 Å². The number of nitrogens with zero attached hydrogens (tertiary/aromatic N) is 3. The van der Waals surface area contributed by atoms with Crippen LogP contribution in [0.15, 0.2) is 24.5 Å². The number of hydrogen-bond acceptors (Lipinski definition) is 4. The van der Waals surface area contributed by atoms with Crippen LogP contribution in [0.4, 0.5) is 0 Å². The molecule has 2 heterocycles. The van der Waals surface area contributed by atoms with Gasteiger partial charge in [0.15, 0.2) is 0 Å². The van der Waals surface area contributed by atoms with E-state index in [9.17, 15) is 0 Å². The molecule has 0 amide bonds. The molecule has 4 nitrogen and oxygen atoms in total. The molecule has 4 heteroatoms. The van der Waals surface area contributed by atoms with Crippen molar-refractivity contribution in [1.29, 1.82) is 0 Å². The van der Waals surface area contributed by atoms with Crippen molar-refractivity contribution >= 4 is 0 Å². The van der Waals surface area contributed by atoms with Crippen molar-refractivity contribution in [3.63, 3.8) is 0 Å². The zero-order valence-electron chi connectivity index (χ0n) is 11.1. The van der Waals surface area contributed by atoms with E-state index in [0.29, 0.717) is 11.8 Å². The third kappa shape index (κ3) is 2.47. The van der Waals surface area contributed by atoms with Crippen molar-refractivity contribution in [3.05, 3.63) is 35.9 Å². The van der Waals surface area contributed by atoms with Gasteiger partial charge in [0.1, 0.15) is 5.82 Å². The van der Waals surface area contributed by atoms with Crippen LogP contribution in [-0.2, 0) is 0 Å². The Balaban J connectivity index is 2.45. The predicted molar refractivity (Wildman–Crippen MR) is 70.6 cm³/mol. The van der Waals surface area contributed by atoms with Crippen LogP contribution < -0.4 is 4.74 Å². The van der Waals surface area contributed by atoms with E-state index in [4.69, 9.17) is 4.74 Å². The predicted octanol–water partition coefficient (Wildman–Crippen LogP) is 2.98. The summed E-state index contributed by atoms with van der Waals surface area (Å²) in [5.74, 6) is 1.77. The molecule has 0 aromatic carbocycles. The second kappa shape index (κ2) is 5.12. The minimum absolute atomic E-state index is 0.315. The Labute approximate surface area is 107 Å². The van der Waals surface area contributed by atoms with Gasteiger partial charge in [-0.3, -0.25) is 0 Å². The average molecular weight is 243 g/mol. The van der Waals surface area contributed by atoms with Crippen LogP contribution in [-0.4, -0.2) is 22.1 Å². The maximum atomic E-state index is 5.05.